The molecule has 1 aromatic rings. The van der Waals surface area contributed by atoms with Gasteiger partial charge in [-0.05, 0) is 17.7 Å². The van der Waals surface area contributed by atoms with Gasteiger partial charge in [0.15, 0.2) is 11.5 Å². The molecule has 72 valence electrons. The highest BCUT2D eigenvalue weighted by Crippen LogP contribution is 2.28. The molecular formula is C9H14N2O2. The van der Waals surface area contributed by atoms with Crippen LogP contribution in [-0.4, -0.2) is 14.2 Å². The van der Waals surface area contributed by atoms with Crippen LogP contribution in [0.3, 0.4) is 0 Å². The molecule has 0 aliphatic rings. The summed E-state index contributed by atoms with van der Waals surface area (Å²) in [6.07, 6.45) is -0.486. The Labute approximate surface area is 77.4 Å². The summed E-state index contributed by atoms with van der Waals surface area (Å²) >= 11 is 0. The molecule has 0 spiro atoms. The van der Waals surface area contributed by atoms with Crippen LogP contribution in [0.4, 0.5) is 0 Å². The summed E-state index contributed by atoms with van der Waals surface area (Å²) in [5.74, 6) is 1.31. The fourth-order valence-corrected chi connectivity index (χ4v) is 1.06. The van der Waals surface area contributed by atoms with Crippen molar-refractivity contribution in [3.63, 3.8) is 0 Å². The number of benzene rings is 1. The van der Waals surface area contributed by atoms with Crippen LogP contribution in [-0.2, 0) is 0 Å². The van der Waals surface area contributed by atoms with E-state index >= 15 is 0 Å². The van der Waals surface area contributed by atoms with E-state index in [-0.39, 0.29) is 0 Å². The average Bonchev–Trinajstić information content (AvgIpc) is 2.16. The first-order chi connectivity index (χ1) is 6.19. The lowest BCUT2D eigenvalue weighted by molar-refractivity contribution is 0.354. The second kappa shape index (κ2) is 4.11. The summed E-state index contributed by atoms with van der Waals surface area (Å²) in [4.78, 5) is 0. The molecule has 4 nitrogen and oxygen atoms in total. The maximum absolute atomic E-state index is 5.51. The Bertz CT molecular complexity index is 287. The smallest absolute Gasteiger partial charge is 0.161 e. The summed E-state index contributed by atoms with van der Waals surface area (Å²) in [6.45, 7) is 0. The molecule has 0 atom stereocenters. The van der Waals surface area contributed by atoms with Crippen LogP contribution >= 0.6 is 0 Å². The molecule has 1 aromatic carbocycles. The zero-order chi connectivity index (χ0) is 9.84. The monoisotopic (exact) mass is 182 g/mol. The Morgan fingerprint density at radius 1 is 1.08 bits per heavy atom. The molecule has 0 aliphatic carbocycles. The van der Waals surface area contributed by atoms with Crippen LogP contribution in [0.2, 0.25) is 0 Å². The fourth-order valence-electron chi connectivity index (χ4n) is 1.06. The first kappa shape index (κ1) is 9.83. The molecule has 1 rings (SSSR count). The summed E-state index contributed by atoms with van der Waals surface area (Å²) in [5.41, 5.74) is 11.8. The van der Waals surface area contributed by atoms with E-state index in [0.29, 0.717) is 11.5 Å². The van der Waals surface area contributed by atoms with Gasteiger partial charge in [-0.25, -0.2) is 0 Å². The molecule has 0 aliphatic heterocycles. The molecule has 0 saturated carbocycles. The van der Waals surface area contributed by atoms with Gasteiger partial charge >= 0.3 is 0 Å². The van der Waals surface area contributed by atoms with Crippen molar-refractivity contribution in [3.05, 3.63) is 23.8 Å². The molecule has 4 N–H and O–H groups in total. The minimum absolute atomic E-state index is 0.486. The van der Waals surface area contributed by atoms with Crippen LogP contribution in [0.1, 0.15) is 11.7 Å². The molecule has 0 bridgehead atoms. The highest BCUT2D eigenvalue weighted by molar-refractivity contribution is 5.43. The molecule has 0 fully saturated rings. The van der Waals surface area contributed by atoms with E-state index in [1.165, 1.54) is 0 Å². The Balaban J connectivity index is 3.05. The van der Waals surface area contributed by atoms with Gasteiger partial charge in [0.1, 0.15) is 0 Å². The van der Waals surface area contributed by atoms with Crippen molar-refractivity contribution >= 4 is 0 Å². The summed E-state index contributed by atoms with van der Waals surface area (Å²) in [6, 6.07) is 5.36. The van der Waals surface area contributed by atoms with E-state index in [9.17, 15) is 0 Å². The molecule has 0 aromatic heterocycles. The lowest BCUT2D eigenvalue weighted by atomic mass is 10.1. The van der Waals surface area contributed by atoms with Gasteiger partial charge in [-0.2, -0.15) is 0 Å². The van der Waals surface area contributed by atoms with E-state index in [2.05, 4.69) is 0 Å². The average molecular weight is 182 g/mol. The minimum atomic E-state index is -0.486. The van der Waals surface area contributed by atoms with Gasteiger partial charge in [-0.15, -0.1) is 0 Å². The Morgan fingerprint density at radius 3 is 2.15 bits per heavy atom. The van der Waals surface area contributed by atoms with Gasteiger partial charge in [0.05, 0.1) is 20.4 Å². The first-order valence-electron chi connectivity index (χ1n) is 3.92. The van der Waals surface area contributed by atoms with Gasteiger partial charge in [-0.1, -0.05) is 6.07 Å². The molecule has 0 amide bonds. The third-order valence-electron chi connectivity index (χ3n) is 1.79. The number of methoxy groups -OCH3 is 2. The highest BCUT2D eigenvalue weighted by atomic mass is 16.5. The predicted molar refractivity (Wildman–Crippen MR) is 50.7 cm³/mol. The normalized spacial score (nSPS) is 10.2. The largest absolute Gasteiger partial charge is 0.493 e. The lowest BCUT2D eigenvalue weighted by Crippen LogP contribution is -2.19. The third-order valence-corrected chi connectivity index (χ3v) is 1.79. The number of nitrogens with two attached hydrogens (primary N) is 2. The second-order valence-electron chi connectivity index (χ2n) is 2.64. The van der Waals surface area contributed by atoms with Gasteiger partial charge in [0.2, 0.25) is 0 Å². The number of ether oxygens (including phenoxy) is 2. The zero-order valence-corrected chi connectivity index (χ0v) is 7.78. The molecule has 4 heteroatoms. The number of rotatable bonds is 3. The molecule has 0 radical (unpaired) electrons. The molecule has 0 heterocycles. The van der Waals surface area contributed by atoms with E-state index < -0.39 is 6.17 Å². The van der Waals surface area contributed by atoms with E-state index in [0.717, 1.165) is 5.56 Å². The SMILES string of the molecule is COc1ccc(C(N)N)cc1OC. The van der Waals surface area contributed by atoms with Crippen molar-refractivity contribution in [2.45, 2.75) is 6.17 Å². The quantitative estimate of drug-likeness (QED) is 0.672. The standard InChI is InChI=1S/C9H14N2O2/c1-12-7-4-3-6(9(10)11)5-8(7)13-2/h3-5,9H,10-11H2,1-2H3. The van der Waals surface area contributed by atoms with Gasteiger partial charge in [0.25, 0.3) is 0 Å². The van der Waals surface area contributed by atoms with Gasteiger partial charge in [0, 0.05) is 0 Å². The molecule has 0 unspecified atom stereocenters. The summed E-state index contributed by atoms with van der Waals surface area (Å²) < 4.78 is 10.2. The Morgan fingerprint density at radius 2 is 1.69 bits per heavy atom. The van der Waals surface area contributed by atoms with Crippen molar-refractivity contribution in [1.29, 1.82) is 0 Å². The summed E-state index contributed by atoms with van der Waals surface area (Å²) in [5, 5.41) is 0. The molecule has 0 saturated heterocycles. The highest BCUT2D eigenvalue weighted by Gasteiger charge is 2.06. The van der Waals surface area contributed by atoms with Crippen LogP contribution in [0.5, 0.6) is 11.5 Å². The topological polar surface area (TPSA) is 70.5 Å². The van der Waals surface area contributed by atoms with Crippen molar-refractivity contribution < 1.29 is 9.47 Å². The van der Waals surface area contributed by atoms with Gasteiger partial charge in [-0.3, -0.25) is 0 Å². The maximum Gasteiger partial charge on any atom is 0.161 e. The van der Waals surface area contributed by atoms with Crippen LogP contribution < -0.4 is 20.9 Å². The van der Waals surface area contributed by atoms with E-state index in [4.69, 9.17) is 20.9 Å². The lowest BCUT2D eigenvalue weighted by Gasteiger charge is -2.11. The van der Waals surface area contributed by atoms with Gasteiger partial charge < -0.3 is 20.9 Å². The van der Waals surface area contributed by atoms with E-state index in [1.54, 1.807) is 26.4 Å². The van der Waals surface area contributed by atoms with Crippen molar-refractivity contribution in [2.24, 2.45) is 11.5 Å². The predicted octanol–water partition coefficient (Wildman–Crippen LogP) is 0.620. The summed E-state index contributed by atoms with van der Waals surface area (Å²) in [7, 11) is 3.16. The van der Waals surface area contributed by atoms with Crippen molar-refractivity contribution in [1.82, 2.24) is 0 Å². The first-order valence-corrected chi connectivity index (χ1v) is 3.92. The Kier molecular flexibility index (Phi) is 3.11. The van der Waals surface area contributed by atoms with Crippen molar-refractivity contribution in [3.8, 4) is 11.5 Å². The van der Waals surface area contributed by atoms with Crippen LogP contribution in [0.25, 0.3) is 0 Å². The zero-order valence-electron chi connectivity index (χ0n) is 7.78. The van der Waals surface area contributed by atoms with Crippen LogP contribution in [0.15, 0.2) is 18.2 Å². The maximum atomic E-state index is 5.51. The number of hydrogen-bond donors (Lipinski definition) is 2. The number of hydrogen-bond acceptors (Lipinski definition) is 4. The molecule has 13 heavy (non-hydrogen) atoms. The van der Waals surface area contributed by atoms with E-state index in [1.807, 2.05) is 6.07 Å². The Hall–Kier alpha value is -1.26. The molecular weight excluding hydrogens is 168 g/mol. The fraction of sp³-hybridized carbons (Fsp3) is 0.333. The third kappa shape index (κ3) is 2.11. The minimum Gasteiger partial charge on any atom is -0.493 e. The van der Waals surface area contributed by atoms with Crippen LogP contribution in [0, 0.1) is 0 Å². The van der Waals surface area contributed by atoms with Crippen molar-refractivity contribution in [2.75, 3.05) is 14.2 Å². The second-order valence-corrected chi connectivity index (χ2v) is 2.64.